The van der Waals surface area contributed by atoms with Gasteiger partial charge in [-0.3, -0.25) is 9.59 Å². The molecule has 0 saturated carbocycles. The van der Waals surface area contributed by atoms with Crippen molar-refractivity contribution in [2.75, 3.05) is 0 Å². The zero-order valence-corrected chi connectivity index (χ0v) is 13.8. The molecular weight excluding hydrogens is 278 g/mol. The maximum absolute atomic E-state index is 12.2. The molecule has 1 unspecified atom stereocenters. The van der Waals surface area contributed by atoms with E-state index in [-0.39, 0.29) is 18.2 Å². The van der Waals surface area contributed by atoms with E-state index in [0.29, 0.717) is 6.42 Å². The summed E-state index contributed by atoms with van der Waals surface area (Å²) in [4.78, 5) is 22.8. The number of carboxylic acid groups (broad SMARTS) is 1. The molecule has 4 nitrogen and oxygen atoms in total. The second-order valence-corrected chi connectivity index (χ2v) is 6.55. The molecule has 122 valence electrons. The van der Waals surface area contributed by atoms with Crippen LogP contribution in [0.3, 0.4) is 0 Å². The first-order valence-corrected chi connectivity index (χ1v) is 7.88. The van der Waals surface area contributed by atoms with Crippen LogP contribution in [-0.2, 0) is 16.0 Å². The number of hydrogen-bond donors (Lipinski definition) is 2. The maximum atomic E-state index is 12.2. The largest absolute Gasteiger partial charge is 0.481 e. The minimum atomic E-state index is -0.835. The third kappa shape index (κ3) is 7.25. The zero-order chi connectivity index (χ0) is 16.6. The Balaban J connectivity index is 2.33. The van der Waals surface area contributed by atoms with Crippen molar-refractivity contribution in [1.29, 1.82) is 0 Å². The van der Waals surface area contributed by atoms with Gasteiger partial charge in [0.25, 0.3) is 0 Å². The molecule has 2 N–H and O–H groups in total. The second kappa shape index (κ2) is 8.57. The van der Waals surface area contributed by atoms with E-state index in [1.165, 1.54) is 5.56 Å². The van der Waals surface area contributed by atoms with Crippen LogP contribution in [0.25, 0.3) is 0 Å². The van der Waals surface area contributed by atoms with E-state index in [9.17, 15) is 9.59 Å². The van der Waals surface area contributed by atoms with Crippen molar-refractivity contribution in [2.45, 2.75) is 58.4 Å². The van der Waals surface area contributed by atoms with Gasteiger partial charge in [-0.2, -0.15) is 0 Å². The van der Waals surface area contributed by atoms with E-state index < -0.39 is 11.5 Å². The molecule has 0 spiro atoms. The Morgan fingerprint density at radius 2 is 1.86 bits per heavy atom. The molecule has 0 saturated heterocycles. The number of aryl methyl sites for hydroxylation is 1. The average Bonchev–Trinajstić information content (AvgIpc) is 2.46. The molecule has 0 aliphatic carbocycles. The molecule has 0 aliphatic rings. The third-order valence-electron chi connectivity index (χ3n) is 3.82. The summed E-state index contributed by atoms with van der Waals surface area (Å²) in [5, 5.41) is 11.7. The number of aliphatic carboxylic acids is 1. The van der Waals surface area contributed by atoms with E-state index >= 15 is 0 Å². The highest BCUT2D eigenvalue weighted by atomic mass is 16.4. The lowest BCUT2D eigenvalue weighted by Crippen LogP contribution is -2.45. The number of hydrogen-bond acceptors (Lipinski definition) is 2. The lowest BCUT2D eigenvalue weighted by molar-refractivity contribution is -0.138. The van der Waals surface area contributed by atoms with Gasteiger partial charge in [0.2, 0.25) is 5.91 Å². The number of nitrogens with one attached hydrogen (secondary N) is 1. The molecule has 0 fully saturated rings. The Hall–Kier alpha value is -1.84. The van der Waals surface area contributed by atoms with Gasteiger partial charge in [-0.15, -0.1) is 0 Å². The van der Waals surface area contributed by atoms with E-state index in [2.05, 4.69) is 17.4 Å². The van der Waals surface area contributed by atoms with Crippen LogP contribution < -0.4 is 5.32 Å². The van der Waals surface area contributed by atoms with Gasteiger partial charge >= 0.3 is 5.97 Å². The molecule has 0 aliphatic heterocycles. The summed E-state index contributed by atoms with van der Waals surface area (Å²) in [6.45, 7) is 5.66. The van der Waals surface area contributed by atoms with Crippen LogP contribution in [-0.4, -0.2) is 22.5 Å². The molecular formula is C18H27NO3. The van der Waals surface area contributed by atoms with Crippen LogP contribution >= 0.6 is 0 Å². The van der Waals surface area contributed by atoms with Gasteiger partial charge in [-0.05, 0) is 45.1 Å². The molecule has 4 heteroatoms. The molecule has 0 heterocycles. The average molecular weight is 305 g/mol. The fourth-order valence-electron chi connectivity index (χ4n) is 2.33. The van der Waals surface area contributed by atoms with Crippen molar-refractivity contribution in [3.05, 3.63) is 35.9 Å². The Kier molecular flexibility index (Phi) is 7.09. The predicted molar refractivity (Wildman–Crippen MR) is 87.6 cm³/mol. The maximum Gasteiger partial charge on any atom is 0.303 e. The SMILES string of the molecule is CC(CCCc1ccccc1)C(=O)NC(C)(C)CCC(=O)O. The molecule has 0 radical (unpaired) electrons. The van der Waals surface area contributed by atoms with Crippen LogP contribution in [0, 0.1) is 5.92 Å². The van der Waals surface area contributed by atoms with Crippen molar-refractivity contribution >= 4 is 11.9 Å². The Morgan fingerprint density at radius 1 is 1.23 bits per heavy atom. The highest BCUT2D eigenvalue weighted by Gasteiger charge is 2.24. The minimum Gasteiger partial charge on any atom is -0.481 e. The van der Waals surface area contributed by atoms with Gasteiger partial charge in [0.1, 0.15) is 0 Å². The van der Waals surface area contributed by atoms with Gasteiger partial charge in [0.15, 0.2) is 0 Å². The van der Waals surface area contributed by atoms with Crippen molar-refractivity contribution < 1.29 is 14.7 Å². The molecule has 1 aromatic rings. The van der Waals surface area contributed by atoms with Crippen molar-refractivity contribution in [3.8, 4) is 0 Å². The highest BCUT2D eigenvalue weighted by molar-refractivity contribution is 5.79. The number of benzene rings is 1. The van der Waals surface area contributed by atoms with E-state index in [0.717, 1.165) is 19.3 Å². The summed E-state index contributed by atoms with van der Waals surface area (Å²) in [6.07, 6.45) is 3.27. The molecule has 1 aromatic carbocycles. The van der Waals surface area contributed by atoms with Crippen molar-refractivity contribution in [3.63, 3.8) is 0 Å². The summed E-state index contributed by atoms with van der Waals surface area (Å²) in [5.74, 6) is -0.894. The molecule has 1 rings (SSSR count). The number of carbonyl (C=O) groups excluding carboxylic acids is 1. The summed E-state index contributed by atoms with van der Waals surface area (Å²) in [5.41, 5.74) is 0.806. The zero-order valence-electron chi connectivity index (χ0n) is 13.8. The van der Waals surface area contributed by atoms with Crippen molar-refractivity contribution in [1.82, 2.24) is 5.32 Å². The number of amides is 1. The van der Waals surface area contributed by atoms with Crippen LogP contribution in [0.5, 0.6) is 0 Å². The smallest absolute Gasteiger partial charge is 0.303 e. The third-order valence-corrected chi connectivity index (χ3v) is 3.82. The number of rotatable bonds is 9. The lowest BCUT2D eigenvalue weighted by Gasteiger charge is -2.27. The van der Waals surface area contributed by atoms with Crippen LogP contribution in [0.4, 0.5) is 0 Å². The van der Waals surface area contributed by atoms with E-state index in [4.69, 9.17) is 5.11 Å². The highest BCUT2D eigenvalue weighted by Crippen LogP contribution is 2.15. The summed E-state index contributed by atoms with van der Waals surface area (Å²) >= 11 is 0. The van der Waals surface area contributed by atoms with Gasteiger partial charge in [0.05, 0.1) is 0 Å². The topological polar surface area (TPSA) is 66.4 Å². The lowest BCUT2D eigenvalue weighted by atomic mass is 9.95. The molecule has 0 aromatic heterocycles. The standard InChI is InChI=1S/C18H27NO3/c1-14(8-7-11-15-9-5-4-6-10-15)17(22)19-18(2,3)13-12-16(20)21/h4-6,9-10,14H,7-8,11-13H2,1-3H3,(H,19,22)(H,20,21). The number of carbonyl (C=O) groups is 2. The second-order valence-electron chi connectivity index (χ2n) is 6.55. The van der Waals surface area contributed by atoms with Gasteiger partial charge < -0.3 is 10.4 Å². The first-order chi connectivity index (χ1) is 10.3. The monoisotopic (exact) mass is 305 g/mol. The first-order valence-electron chi connectivity index (χ1n) is 7.88. The fraction of sp³-hybridized carbons (Fsp3) is 0.556. The Labute approximate surface area is 132 Å². The summed E-state index contributed by atoms with van der Waals surface area (Å²) < 4.78 is 0. The summed E-state index contributed by atoms with van der Waals surface area (Å²) in [7, 11) is 0. The van der Waals surface area contributed by atoms with E-state index in [1.54, 1.807) is 0 Å². The molecule has 1 amide bonds. The summed E-state index contributed by atoms with van der Waals surface area (Å²) in [6, 6.07) is 10.2. The fourth-order valence-corrected chi connectivity index (χ4v) is 2.33. The quantitative estimate of drug-likeness (QED) is 0.735. The van der Waals surface area contributed by atoms with Gasteiger partial charge in [-0.1, -0.05) is 37.3 Å². The normalized spacial score (nSPS) is 12.7. The van der Waals surface area contributed by atoms with Crippen LogP contribution in [0.2, 0.25) is 0 Å². The van der Waals surface area contributed by atoms with Crippen LogP contribution in [0.15, 0.2) is 30.3 Å². The van der Waals surface area contributed by atoms with Crippen LogP contribution in [0.1, 0.15) is 52.0 Å². The first kappa shape index (κ1) is 18.2. The number of carboxylic acids is 1. The minimum absolute atomic E-state index is 0.00319. The van der Waals surface area contributed by atoms with Gasteiger partial charge in [-0.25, -0.2) is 0 Å². The molecule has 1 atom stereocenters. The molecule has 0 bridgehead atoms. The van der Waals surface area contributed by atoms with E-state index in [1.807, 2.05) is 39.0 Å². The Morgan fingerprint density at radius 3 is 2.45 bits per heavy atom. The van der Waals surface area contributed by atoms with Crippen molar-refractivity contribution in [2.24, 2.45) is 5.92 Å². The van der Waals surface area contributed by atoms with Gasteiger partial charge in [0, 0.05) is 17.9 Å². The predicted octanol–water partition coefficient (Wildman–Crippen LogP) is 3.41. The Bertz CT molecular complexity index is 482. The molecule has 22 heavy (non-hydrogen) atoms.